The van der Waals surface area contributed by atoms with E-state index < -0.39 is 0 Å². The molecule has 2 amide bonds. The molecule has 0 aromatic heterocycles. The van der Waals surface area contributed by atoms with Gasteiger partial charge >= 0.3 is 0 Å². The molecule has 0 aliphatic rings. The van der Waals surface area contributed by atoms with E-state index in [1.54, 1.807) is 0 Å². The molecule has 0 heterocycles. The van der Waals surface area contributed by atoms with E-state index in [1.807, 2.05) is 48.5 Å². The lowest BCUT2D eigenvalue weighted by atomic mass is 10.0. The first-order chi connectivity index (χ1) is 11.9. The minimum atomic E-state index is -0.206. The van der Waals surface area contributed by atoms with Crippen molar-refractivity contribution in [1.82, 2.24) is 0 Å². The van der Waals surface area contributed by atoms with E-state index in [-0.39, 0.29) is 18.4 Å². The van der Waals surface area contributed by atoms with Gasteiger partial charge in [0.2, 0.25) is 11.8 Å². The van der Waals surface area contributed by atoms with Crippen molar-refractivity contribution in [1.29, 1.82) is 0 Å². The standard InChI is InChI=1S/C21H26N2O2/c1-5-17-10-12-18(13-11-17)23(16(4)24)14-21(25)22-20-9-7-6-8-19(20)15(2)3/h6-13,15H,5,14H2,1-4H3,(H,22,25). The summed E-state index contributed by atoms with van der Waals surface area (Å²) in [7, 11) is 0. The minimum absolute atomic E-state index is 0.00671. The Hall–Kier alpha value is -2.62. The first kappa shape index (κ1) is 18.7. The second-order valence-corrected chi connectivity index (χ2v) is 6.42. The lowest BCUT2D eigenvalue weighted by molar-refractivity contribution is -0.120. The Bertz CT molecular complexity index is 736. The van der Waals surface area contributed by atoms with Crippen LogP contribution in [-0.2, 0) is 16.0 Å². The Labute approximate surface area is 149 Å². The van der Waals surface area contributed by atoms with Gasteiger partial charge in [0.25, 0.3) is 0 Å². The molecule has 0 saturated heterocycles. The molecule has 0 aliphatic carbocycles. The highest BCUT2D eigenvalue weighted by atomic mass is 16.2. The van der Waals surface area contributed by atoms with Crippen LogP contribution >= 0.6 is 0 Å². The first-order valence-electron chi connectivity index (χ1n) is 8.68. The van der Waals surface area contributed by atoms with E-state index in [4.69, 9.17) is 0 Å². The van der Waals surface area contributed by atoms with Crippen LogP contribution in [0.4, 0.5) is 11.4 Å². The molecule has 0 aliphatic heterocycles. The third kappa shape index (κ3) is 4.92. The zero-order chi connectivity index (χ0) is 18.4. The number of benzene rings is 2. The van der Waals surface area contributed by atoms with Crippen molar-refractivity contribution in [2.45, 2.75) is 40.0 Å². The molecule has 0 bridgehead atoms. The fraction of sp³-hybridized carbons (Fsp3) is 0.333. The molecule has 0 atom stereocenters. The van der Waals surface area contributed by atoms with Crippen molar-refractivity contribution in [3.63, 3.8) is 0 Å². The molecule has 0 unspecified atom stereocenters. The molecule has 2 aromatic carbocycles. The predicted octanol–water partition coefficient (Wildman–Crippen LogP) is 4.36. The van der Waals surface area contributed by atoms with E-state index >= 15 is 0 Å². The fourth-order valence-electron chi connectivity index (χ4n) is 2.74. The second-order valence-electron chi connectivity index (χ2n) is 6.42. The normalized spacial score (nSPS) is 10.6. The number of hydrogen-bond donors (Lipinski definition) is 1. The molecule has 132 valence electrons. The van der Waals surface area contributed by atoms with Crippen LogP contribution in [0, 0.1) is 0 Å². The van der Waals surface area contributed by atoms with E-state index in [0.717, 1.165) is 23.4 Å². The van der Waals surface area contributed by atoms with Gasteiger partial charge in [-0.05, 0) is 41.7 Å². The van der Waals surface area contributed by atoms with Gasteiger partial charge in [-0.15, -0.1) is 0 Å². The maximum Gasteiger partial charge on any atom is 0.244 e. The lowest BCUT2D eigenvalue weighted by Crippen LogP contribution is -2.36. The minimum Gasteiger partial charge on any atom is -0.324 e. The van der Waals surface area contributed by atoms with Gasteiger partial charge in [-0.1, -0.05) is 51.1 Å². The first-order valence-corrected chi connectivity index (χ1v) is 8.68. The largest absolute Gasteiger partial charge is 0.324 e. The zero-order valence-corrected chi connectivity index (χ0v) is 15.4. The molecule has 25 heavy (non-hydrogen) atoms. The van der Waals surface area contributed by atoms with Gasteiger partial charge in [-0.3, -0.25) is 9.59 Å². The maximum absolute atomic E-state index is 12.5. The predicted molar refractivity (Wildman–Crippen MR) is 103 cm³/mol. The van der Waals surface area contributed by atoms with Gasteiger partial charge in [0.15, 0.2) is 0 Å². The molecule has 0 fully saturated rings. The van der Waals surface area contributed by atoms with Crippen molar-refractivity contribution in [2.24, 2.45) is 0 Å². The molecular formula is C21H26N2O2. The number of anilines is 2. The summed E-state index contributed by atoms with van der Waals surface area (Å²) in [6.45, 7) is 7.72. The quantitative estimate of drug-likeness (QED) is 0.850. The molecule has 0 spiro atoms. The smallest absolute Gasteiger partial charge is 0.244 e. The number of hydrogen-bond acceptors (Lipinski definition) is 2. The third-order valence-corrected chi connectivity index (χ3v) is 4.19. The summed E-state index contributed by atoms with van der Waals surface area (Å²) < 4.78 is 0. The SMILES string of the molecule is CCc1ccc(N(CC(=O)Nc2ccccc2C(C)C)C(C)=O)cc1. The Morgan fingerprint density at radius 2 is 1.68 bits per heavy atom. The number of carbonyl (C=O) groups is 2. The Kier molecular flexibility index (Phi) is 6.34. The van der Waals surface area contributed by atoms with Crippen molar-refractivity contribution in [2.75, 3.05) is 16.8 Å². The number of nitrogens with one attached hydrogen (secondary N) is 1. The Balaban J connectivity index is 2.14. The highest BCUT2D eigenvalue weighted by Gasteiger charge is 2.17. The monoisotopic (exact) mass is 338 g/mol. The summed E-state index contributed by atoms with van der Waals surface area (Å²) in [6.07, 6.45) is 0.937. The number of aryl methyl sites for hydroxylation is 1. The van der Waals surface area contributed by atoms with Crippen LogP contribution in [0.3, 0.4) is 0 Å². The van der Waals surface area contributed by atoms with Gasteiger partial charge in [0.05, 0.1) is 0 Å². The van der Waals surface area contributed by atoms with Crippen LogP contribution in [0.25, 0.3) is 0 Å². The molecule has 0 radical (unpaired) electrons. The second kappa shape index (κ2) is 8.47. The van der Waals surface area contributed by atoms with Gasteiger partial charge in [-0.25, -0.2) is 0 Å². The average Bonchev–Trinajstić information content (AvgIpc) is 2.60. The number of nitrogens with zero attached hydrogens (tertiary/aromatic N) is 1. The van der Waals surface area contributed by atoms with Crippen molar-refractivity contribution < 1.29 is 9.59 Å². The van der Waals surface area contributed by atoms with Crippen molar-refractivity contribution >= 4 is 23.2 Å². The van der Waals surface area contributed by atoms with Gasteiger partial charge in [0.1, 0.15) is 6.54 Å². The van der Waals surface area contributed by atoms with Crippen molar-refractivity contribution in [3.05, 3.63) is 59.7 Å². The van der Waals surface area contributed by atoms with Gasteiger partial charge < -0.3 is 10.2 Å². The summed E-state index contributed by atoms with van der Waals surface area (Å²) in [5.74, 6) is -0.0543. The maximum atomic E-state index is 12.5. The summed E-state index contributed by atoms with van der Waals surface area (Å²) in [5, 5.41) is 2.94. The summed E-state index contributed by atoms with van der Waals surface area (Å²) in [5.41, 5.74) is 3.81. The molecule has 2 aromatic rings. The molecule has 0 saturated carbocycles. The van der Waals surface area contributed by atoms with Crippen LogP contribution in [0.2, 0.25) is 0 Å². The van der Waals surface area contributed by atoms with Crippen LogP contribution < -0.4 is 10.2 Å². The summed E-state index contributed by atoms with van der Waals surface area (Å²) in [4.78, 5) is 26.0. The molecule has 2 rings (SSSR count). The zero-order valence-electron chi connectivity index (χ0n) is 15.4. The van der Waals surface area contributed by atoms with Crippen LogP contribution in [0.5, 0.6) is 0 Å². The molecule has 1 N–H and O–H groups in total. The summed E-state index contributed by atoms with van der Waals surface area (Å²) in [6, 6.07) is 15.5. The fourth-order valence-corrected chi connectivity index (χ4v) is 2.74. The van der Waals surface area contributed by atoms with E-state index in [2.05, 4.69) is 26.1 Å². The Morgan fingerprint density at radius 1 is 1.04 bits per heavy atom. The lowest BCUT2D eigenvalue weighted by Gasteiger charge is -2.22. The van der Waals surface area contributed by atoms with Crippen molar-refractivity contribution in [3.8, 4) is 0 Å². The topological polar surface area (TPSA) is 49.4 Å². The third-order valence-electron chi connectivity index (χ3n) is 4.19. The number of rotatable bonds is 6. The summed E-state index contributed by atoms with van der Waals surface area (Å²) >= 11 is 0. The Morgan fingerprint density at radius 3 is 2.24 bits per heavy atom. The number of amides is 2. The van der Waals surface area contributed by atoms with Crippen LogP contribution in [0.1, 0.15) is 44.7 Å². The van der Waals surface area contributed by atoms with E-state index in [1.165, 1.54) is 17.4 Å². The van der Waals surface area contributed by atoms with E-state index in [0.29, 0.717) is 5.92 Å². The molecule has 4 heteroatoms. The molecular weight excluding hydrogens is 312 g/mol. The highest BCUT2D eigenvalue weighted by Crippen LogP contribution is 2.24. The number of carbonyl (C=O) groups excluding carboxylic acids is 2. The van der Waals surface area contributed by atoms with Gasteiger partial charge in [-0.2, -0.15) is 0 Å². The van der Waals surface area contributed by atoms with E-state index in [9.17, 15) is 9.59 Å². The average molecular weight is 338 g/mol. The van der Waals surface area contributed by atoms with Crippen LogP contribution in [-0.4, -0.2) is 18.4 Å². The van der Waals surface area contributed by atoms with Gasteiger partial charge in [0, 0.05) is 18.3 Å². The van der Waals surface area contributed by atoms with Crippen LogP contribution in [0.15, 0.2) is 48.5 Å². The highest BCUT2D eigenvalue weighted by molar-refractivity contribution is 6.02. The number of para-hydroxylation sites is 1. The molecule has 4 nitrogen and oxygen atoms in total.